The van der Waals surface area contributed by atoms with Crippen LogP contribution in [0.2, 0.25) is 0 Å². The van der Waals surface area contributed by atoms with Crippen LogP contribution in [0.5, 0.6) is 0 Å². The van der Waals surface area contributed by atoms with E-state index in [0.29, 0.717) is 13.1 Å². The van der Waals surface area contributed by atoms with Crippen molar-refractivity contribution in [1.29, 1.82) is 0 Å². The van der Waals surface area contributed by atoms with Crippen molar-refractivity contribution in [3.05, 3.63) is 18.7 Å². The first-order valence-corrected chi connectivity index (χ1v) is 6.58. The first-order valence-electron chi connectivity index (χ1n) is 6.58. The second-order valence-electron chi connectivity index (χ2n) is 5.13. The molecule has 1 aromatic heterocycles. The van der Waals surface area contributed by atoms with Gasteiger partial charge in [0.1, 0.15) is 0 Å². The lowest BCUT2D eigenvalue weighted by molar-refractivity contribution is -0.140. The number of imidazole rings is 1. The second kappa shape index (κ2) is 4.55. The van der Waals surface area contributed by atoms with E-state index in [-0.39, 0.29) is 23.7 Å². The number of carbonyl (C=O) groups excluding carboxylic acids is 2. The summed E-state index contributed by atoms with van der Waals surface area (Å²) >= 11 is 0. The molecule has 5 nitrogen and oxygen atoms in total. The fourth-order valence-electron chi connectivity index (χ4n) is 3.09. The fourth-order valence-corrected chi connectivity index (χ4v) is 3.09. The summed E-state index contributed by atoms with van der Waals surface area (Å²) in [7, 11) is 0. The maximum absolute atomic E-state index is 12.2. The van der Waals surface area contributed by atoms with Crippen molar-refractivity contribution < 1.29 is 9.59 Å². The van der Waals surface area contributed by atoms with Gasteiger partial charge in [0, 0.05) is 25.5 Å². The minimum atomic E-state index is -0.0333. The highest BCUT2D eigenvalue weighted by molar-refractivity contribution is 6.05. The Morgan fingerprint density at radius 1 is 1.11 bits per heavy atom. The van der Waals surface area contributed by atoms with E-state index in [9.17, 15) is 9.59 Å². The van der Waals surface area contributed by atoms with E-state index in [0.717, 1.165) is 25.7 Å². The van der Waals surface area contributed by atoms with Crippen molar-refractivity contribution in [3.63, 3.8) is 0 Å². The fraction of sp³-hybridized carbons (Fsp3) is 0.615. The van der Waals surface area contributed by atoms with Crippen LogP contribution in [0.3, 0.4) is 0 Å². The van der Waals surface area contributed by atoms with Crippen LogP contribution in [0.25, 0.3) is 0 Å². The van der Waals surface area contributed by atoms with Gasteiger partial charge in [-0.15, -0.1) is 0 Å². The van der Waals surface area contributed by atoms with Gasteiger partial charge in [-0.3, -0.25) is 14.5 Å². The van der Waals surface area contributed by atoms with Gasteiger partial charge in [-0.05, 0) is 12.8 Å². The topological polar surface area (TPSA) is 55.2 Å². The molecule has 1 aromatic rings. The van der Waals surface area contributed by atoms with E-state index in [1.54, 1.807) is 12.5 Å². The van der Waals surface area contributed by atoms with Gasteiger partial charge < -0.3 is 4.57 Å². The van der Waals surface area contributed by atoms with Crippen molar-refractivity contribution in [1.82, 2.24) is 14.5 Å². The molecule has 2 amide bonds. The highest BCUT2D eigenvalue weighted by atomic mass is 16.2. The third-order valence-electron chi connectivity index (χ3n) is 4.07. The molecule has 0 radical (unpaired) electrons. The lowest BCUT2D eigenvalue weighted by Gasteiger charge is -2.19. The lowest BCUT2D eigenvalue weighted by Crippen LogP contribution is -2.33. The molecule has 0 aromatic carbocycles. The van der Waals surface area contributed by atoms with Crippen LogP contribution in [-0.4, -0.2) is 32.8 Å². The Labute approximate surface area is 106 Å². The van der Waals surface area contributed by atoms with E-state index in [4.69, 9.17) is 0 Å². The summed E-state index contributed by atoms with van der Waals surface area (Å²) in [6, 6.07) is 0. The maximum Gasteiger partial charge on any atom is 0.233 e. The molecular formula is C13H17N3O2. The average Bonchev–Trinajstić information content (AvgIpc) is 2.98. The van der Waals surface area contributed by atoms with Gasteiger partial charge in [0.2, 0.25) is 11.8 Å². The monoisotopic (exact) mass is 247 g/mol. The molecule has 2 atom stereocenters. The molecule has 18 heavy (non-hydrogen) atoms. The molecule has 0 bridgehead atoms. The molecule has 2 heterocycles. The highest BCUT2D eigenvalue weighted by Gasteiger charge is 2.47. The van der Waals surface area contributed by atoms with Crippen molar-refractivity contribution in [2.75, 3.05) is 6.54 Å². The molecule has 1 aliphatic carbocycles. The summed E-state index contributed by atoms with van der Waals surface area (Å²) in [5.41, 5.74) is 0. The number of likely N-dealkylation sites (tertiary alicyclic amines) is 1. The molecule has 5 heteroatoms. The molecule has 3 rings (SSSR count). The lowest BCUT2D eigenvalue weighted by atomic mass is 9.81. The Hall–Kier alpha value is -1.65. The van der Waals surface area contributed by atoms with Gasteiger partial charge >= 0.3 is 0 Å². The standard InChI is InChI=1S/C13H17N3O2/c17-12-10-3-1-2-4-11(10)13(18)16(12)8-7-15-6-5-14-9-15/h5-6,9-11H,1-4,7-8H2/t10-,11+. The van der Waals surface area contributed by atoms with Gasteiger partial charge in [0.05, 0.1) is 18.2 Å². The van der Waals surface area contributed by atoms with Gasteiger partial charge in [-0.25, -0.2) is 4.98 Å². The van der Waals surface area contributed by atoms with Crippen LogP contribution in [0.15, 0.2) is 18.7 Å². The van der Waals surface area contributed by atoms with E-state index in [2.05, 4.69) is 4.98 Å². The van der Waals surface area contributed by atoms with Crippen LogP contribution < -0.4 is 0 Å². The number of hydrogen-bond donors (Lipinski definition) is 0. The minimum Gasteiger partial charge on any atom is -0.336 e. The summed E-state index contributed by atoms with van der Waals surface area (Å²) in [5, 5.41) is 0. The molecule has 0 spiro atoms. The average molecular weight is 247 g/mol. The van der Waals surface area contributed by atoms with E-state index in [1.165, 1.54) is 4.90 Å². The highest BCUT2D eigenvalue weighted by Crippen LogP contribution is 2.37. The molecule has 1 saturated carbocycles. The number of imide groups is 1. The molecule has 0 unspecified atom stereocenters. The minimum absolute atomic E-state index is 0.0333. The van der Waals surface area contributed by atoms with E-state index >= 15 is 0 Å². The predicted molar refractivity (Wildman–Crippen MR) is 64.4 cm³/mol. The SMILES string of the molecule is O=C1[C@H]2CCCC[C@H]2C(=O)N1CCn1ccnc1. The zero-order valence-corrected chi connectivity index (χ0v) is 10.3. The molecule has 2 fully saturated rings. The van der Waals surface area contributed by atoms with Gasteiger partial charge in [-0.1, -0.05) is 12.8 Å². The Bertz CT molecular complexity index is 431. The van der Waals surface area contributed by atoms with Crippen LogP contribution in [-0.2, 0) is 16.1 Å². The van der Waals surface area contributed by atoms with Crippen LogP contribution >= 0.6 is 0 Å². The molecular weight excluding hydrogens is 230 g/mol. The van der Waals surface area contributed by atoms with Crippen LogP contribution in [0.4, 0.5) is 0 Å². The molecule has 96 valence electrons. The Kier molecular flexibility index (Phi) is 2.89. The molecule has 1 saturated heterocycles. The maximum atomic E-state index is 12.2. The van der Waals surface area contributed by atoms with Gasteiger partial charge in [0.15, 0.2) is 0 Å². The predicted octanol–water partition coefficient (Wildman–Crippen LogP) is 1.06. The molecule has 2 aliphatic rings. The summed E-state index contributed by atoms with van der Waals surface area (Å²) in [5.74, 6) is 0.0257. The van der Waals surface area contributed by atoms with Gasteiger partial charge in [0.25, 0.3) is 0 Å². The zero-order valence-electron chi connectivity index (χ0n) is 10.3. The zero-order chi connectivity index (χ0) is 12.5. The number of rotatable bonds is 3. The summed E-state index contributed by atoms with van der Waals surface area (Å²) < 4.78 is 1.89. The Balaban J connectivity index is 1.68. The smallest absolute Gasteiger partial charge is 0.233 e. The number of aromatic nitrogens is 2. The molecule has 0 N–H and O–H groups in total. The summed E-state index contributed by atoms with van der Waals surface area (Å²) in [6.07, 6.45) is 9.18. The number of carbonyl (C=O) groups is 2. The first kappa shape index (κ1) is 11.4. The third-order valence-corrected chi connectivity index (χ3v) is 4.07. The number of fused-ring (bicyclic) bond motifs is 1. The van der Waals surface area contributed by atoms with Crippen LogP contribution in [0.1, 0.15) is 25.7 Å². The van der Waals surface area contributed by atoms with Crippen LogP contribution in [0, 0.1) is 11.8 Å². The van der Waals surface area contributed by atoms with E-state index < -0.39 is 0 Å². The van der Waals surface area contributed by atoms with Crippen molar-refractivity contribution in [2.24, 2.45) is 11.8 Å². The number of amides is 2. The quantitative estimate of drug-likeness (QED) is 0.750. The third kappa shape index (κ3) is 1.83. The van der Waals surface area contributed by atoms with Crippen molar-refractivity contribution in [3.8, 4) is 0 Å². The van der Waals surface area contributed by atoms with Gasteiger partial charge in [-0.2, -0.15) is 0 Å². The van der Waals surface area contributed by atoms with Crippen molar-refractivity contribution >= 4 is 11.8 Å². The molecule has 1 aliphatic heterocycles. The number of hydrogen-bond acceptors (Lipinski definition) is 3. The normalized spacial score (nSPS) is 27.7. The van der Waals surface area contributed by atoms with E-state index in [1.807, 2.05) is 10.8 Å². The van der Waals surface area contributed by atoms with Crippen molar-refractivity contribution in [2.45, 2.75) is 32.2 Å². The largest absolute Gasteiger partial charge is 0.336 e. The first-order chi connectivity index (χ1) is 8.77. The summed E-state index contributed by atoms with van der Waals surface area (Å²) in [6.45, 7) is 1.11. The Morgan fingerprint density at radius 3 is 2.33 bits per heavy atom. The Morgan fingerprint density at radius 2 is 1.78 bits per heavy atom. The number of nitrogens with zero attached hydrogens (tertiary/aromatic N) is 3. The second-order valence-corrected chi connectivity index (χ2v) is 5.13. The summed E-state index contributed by atoms with van der Waals surface area (Å²) in [4.78, 5) is 29.8.